The van der Waals surface area contributed by atoms with E-state index in [1.165, 1.54) is 22.7 Å². The highest BCUT2D eigenvalue weighted by molar-refractivity contribution is 7.99. The van der Waals surface area contributed by atoms with Crippen LogP contribution in [0.15, 0.2) is 59.5 Å². The third-order valence-electron chi connectivity index (χ3n) is 6.02. The summed E-state index contributed by atoms with van der Waals surface area (Å²) < 4.78 is 32.8. The molecule has 4 N–H and O–H groups in total. The predicted octanol–water partition coefficient (Wildman–Crippen LogP) is 2.79. The van der Waals surface area contributed by atoms with Crippen LogP contribution in [0, 0.1) is 17.0 Å². The fourth-order valence-electron chi connectivity index (χ4n) is 4.04. The first-order chi connectivity index (χ1) is 18.3. The molecule has 1 unspecified atom stereocenters. The van der Waals surface area contributed by atoms with E-state index in [-0.39, 0.29) is 23.3 Å². The van der Waals surface area contributed by atoms with Crippen LogP contribution in [0.2, 0.25) is 0 Å². The summed E-state index contributed by atoms with van der Waals surface area (Å²) in [5, 5.41) is 34.0. The number of aliphatic hydroxyl groups is 3. The molecule has 0 fully saturated rings. The maximum absolute atomic E-state index is 13.9. The van der Waals surface area contributed by atoms with E-state index in [9.17, 15) is 33.7 Å². The number of thioether (sulfide) groups is 1. The Kier molecular flexibility index (Phi) is 10.2. The molecule has 0 spiro atoms. The van der Waals surface area contributed by atoms with Crippen molar-refractivity contribution in [3.05, 3.63) is 71.8 Å². The van der Waals surface area contributed by atoms with Crippen LogP contribution in [0.3, 0.4) is 0 Å². The molecule has 212 valence electrons. The molecule has 0 aromatic heterocycles. The number of para-hydroxylation sites is 1. The predicted molar refractivity (Wildman–Crippen MR) is 144 cm³/mol. The Morgan fingerprint density at radius 1 is 1.15 bits per heavy atom. The zero-order valence-electron chi connectivity index (χ0n) is 22.2. The summed E-state index contributed by atoms with van der Waals surface area (Å²) in [5.41, 5.74) is 0.446. The molecule has 8 nitrogen and oxygen atoms in total. The van der Waals surface area contributed by atoms with E-state index in [1.807, 2.05) is 20.8 Å². The van der Waals surface area contributed by atoms with Crippen LogP contribution in [-0.2, 0) is 20.9 Å². The van der Waals surface area contributed by atoms with Crippen molar-refractivity contribution in [2.24, 2.45) is 5.41 Å². The second-order valence-electron chi connectivity index (χ2n) is 10.4. The third-order valence-corrected chi connectivity index (χ3v) is 7.18. The van der Waals surface area contributed by atoms with Crippen LogP contribution in [0.5, 0.6) is 0 Å². The van der Waals surface area contributed by atoms with Gasteiger partial charge in [-0.15, -0.1) is 11.8 Å². The topological polar surface area (TPSA) is 119 Å². The SMILES string of the molecule is COC(C(=O)N[C@H]1CSc2ccccc2N(Cc2cc(F)cc(F)c2)C1=O)[C@H](O)[C@@H](O)[C@H](O)/C=C/C(C)(C)C. The fourth-order valence-corrected chi connectivity index (χ4v) is 5.12. The van der Waals surface area contributed by atoms with Gasteiger partial charge in [0.05, 0.1) is 12.2 Å². The first-order valence-corrected chi connectivity index (χ1v) is 13.3. The number of rotatable bonds is 9. The first-order valence-electron chi connectivity index (χ1n) is 12.4. The molecule has 1 heterocycles. The number of halogens is 2. The Labute approximate surface area is 230 Å². The van der Waals surface area contributed by atoms with Gasteiger partial charge < -0.3 is 30.3 Å². The summed E-state index contributed by atoms with van der Waals surface area (Å²) >= 11 is 1.30. The highest BCUT2D eigenvalue weighted by Crippen LogP contribution is 2.35. The number of carbonyl (C=O) groups excluding carboxylic acids is 2. The first kappa shape index (κ1) is 30.7. The normalized spacial score (nSPS) is 19.3. The van der Waals surface area contributed by atoms with Gasteiger partial charge in [-0.2, -0.15) is 0 Å². The molecule has 11 heteroatoms. The number of fused-ring (bicyclic) bond motifs is 1. The van der Waals surface area contributed by atoms with Crippen LogP contribution in [0.25, 0.3) is 0 Å². The van der Waals surface area contributed by atoms with Gasteiger partial charge in [0.15, 0.2) is 6.10 Å². The average molecular weight is 565 g/mol. The number of aliphatic hydroxyl groups excluding tert-OH is 3. The summed E-state index contributed by atoms with van der Waals surface area (Å²) in [6.07, 6.45) is -3.65. The Morgan fingerprint density at radius 2 is 1.79 bits per heavy atom. The number of allylic oxidation sites excluding steroid dienone is 1. The monoisotopic (exact) mass is 564 g/mol. The van der Waals surface area contributed by atoms with E-state index in [2.05, 4.69) is 5.32 Å². The van der Waals surface area contributed by atoms with E-state index in [0.717, 1.165) is 30.2 Å². The lowest BCUT2D eigenvalue weighted by molar-refractivity contribution is -0.150. The lowest BCUT2D eigenvalue weighted by Gasteiger charge is -2.29. The summed E-state index contributed by atoms with van der Waals surface area (Å²) in [7, 11) is 1.15. The number of carbonyl (C=O) groups is 2. The van der Waals surface area contributed by atoms with Crippen LogP contribution < -0.4 is 10.2 Å². The zero-order valence-corrected chi connectivity index (χ0v) is 23.0. The summed E-state index contributed by atoms with van der Waals surface area (Å²) in [5.74, 6) is -2.85. The number of amides is 2. The maximum atomic E-state index is 13.9. The maximum Gasteiger partial charge on any atom is 0.252 e. The number of benzene rings is 2. The quantitative estimate of drug-likeness (QED) is 0.346. The average Bonchev–Trinajstić information content (AvgIpc) is 2.98. The van der Waals surface area contributed by atoms with Crippen molar-refractivity contribution in [1.82, 2.24) is 5.32 Å². The standard InChI is InChI=1S/C28H34F2N2O6S/c1-28(2,3)10-9-21(33)23(34)24(35)25(38-4)26(36)31-19-15-39-22-8-6-5-7-20(22)32(27(19)37)14-16-11-17(29)13-18(30)12-16/h5-13,19,21,23-25,33-35H,14-15H2,1-4H3,(H,31,36)/b10-9+/t19-,21+,23-,24+,25?/m0/s1. The van der Waals surface area contributed by atoms with Gasteiger partial charge in [-0.3, -0.25) is 9.59 Å². The number of nitrogens with one attached hydrogen (secondary N) is 1. The largest absolute Gasteiger partial charge is 0.387 e. The van der Waals surface area contributed by atoms with Crippen LogP contribution in [0.4, 0.5) is 14.5 Å². The van der Waals surface area contributed by atoms with Gasteiger partial charge in [0.1, 0.15) is 36.0 Å². The van der Waals surface area contributed by atoms with Gasteiger partial charge in [0, 0.05) is 23.8 Å². The Morgan fingerprint density at radius 3 is 2.41 bits per heavy atom. The van der Waals surface area contributed by atoms with Gasteiger partial charge in [-0.25, -0.2) is 8.78 Å². The van der Waals surface area contributed by atoms with Crippen molar-refractivity contribution < 1.29 is 38.4 Å². The van der Waals surface area contributed by atoms with Crippen molar-refractivity contribution in [2.45, 2.75) is 62.7 Å². The molecule has 1 aliphatic heterocycles. The minimum absolute atomic E-state index is 0.127. The van der Waals surface area contributed by atoms with Gasteiger partial charge in [-0.1, -0.05) is 45.1 Å². The lowest BCUT2D eigenvalue weighted by Crippen LogP contribution is -2.56. The second-order valence-corrected chi connectivity index (χ2v) is 11.5. The van der Waals surface area contributed by atoms with Crippen molar-refractivity contribution in [1.29, 1.82) is 0 Å². The van der Waals surface area contributed by atoms with E-state index >= 15 is 0 Å². The van der Waals surface area contributed by atoms with Crippen LogP contribution in [0.1, 0.15) is 26.3 Å². The summed E-state index contributed by atoms with van der Waals surface area (Å²) in [6.45, 7) is 5.51. The van der Waals surface area contributed by atoms with E-state index in [1.54, 1.807) is 30.3 Å². The van der Waals surface area contributed by atoms with E-state index < -0.39 is 53.9 Å². The van der Waals surface area contributed by atoms with Crippen LogP contribution in [-0.4, -0.2) is 70.5 Å². The van der Waals surface area contributed by atoms with E-state index in [0.29, 0.717) is 5.69 Å². The molecule has 3 rings (SSSR count). The minimum atomic E-state index is -1.81. The number of hydrogen-bond donors (Lipinski definition) is 4. The van der Waals surface area contributed by atoms with Crippen molar-refractivity contribution in [3.63, 3.8) is 0 Å². The number of ether oxygens (including phenoxy) is 1. The molecule has 0 saturated carbocycles. The number of hydrogen-bond acceptors (Lipinski definition) is 7. The van der Waals surface area contributed by atoms with Gasteiger partial charge in [-0.05, 0) is 35.2 Å². The third kappa shape index (κ3) is 8.09. The smallest absolute Gasteiger partial charge is 0.252 e. The molecule has 0 radical (unpaired) electrons. The summed E-state index contributed by atoms with van der Waals surface area (Å²) in [6, 6.07) is 8.90. The Balaban J connectivity index is 1.81. The fraction of sp³-hybridized carbons (Fsp3) is 0.429. The molecule has 5 atom stereocenters. The van der Waals surface area contributed by atoms with Gasteiger partial charge >= 0.3 is 0 Å². The van der Waals surface area contributed by atoms with Gasteiger partial charge in [0.25, 0.3) is 11.8 Å². The second kappa shape index (κ2) is 13.0. The van der Waals surface area contributed by atoms with Gasteiger partial charge in [0.2, 0.25) is 0 Å². The molecule has 0 aliphatic carbocycles. The summed E-state index contributed by atoms with van der Waals surface area (Å²) in [4.78, 5) is 28.8. The highest BCUT2D eigenvalue weighted by atomic mass is 32.2. The van der Waals surface area contributed by atoms with E-state index in [4.69, 9.17) is 4.74 Å². The molecular weight excluding hydrogens is 530 g/mol. The Bertz CT molecular complexity index is 1180. The van der Waals surface area contributed by atoms with Crippen LogP contribution >= 0.6 is 11.8 Å². The molecule has 39 heavy (non-hydrogen) atoms. The molecule has 1 aliphatic rings. The highest BCUT2D eigenvalue weighted by Gasteiger charge is 2.38. The molecule has 2 aromatic carbocycles. The molecule has 2 aromatic rings. The Hall–Kier alpha value is -2.83. The number of nitrogens with zero attached hydrogens (tertiary/aromatic N) is 1. The molecule has 0 bridgehead atoms. The number of anilines is 1. The zero-order chi connectivity index (χ0) is 28.9. The van der Waals surface area contributed by atoms with Crippen molar-refractivity contribution in [2.75, 3.05) is 17.8 Å². The lowest BCUT2D eigenvalue weighted by atomic mass is 9.94. The molecule has 2 amide bonds. The minimum Gasteiger partial charge on any atom is -0.387 e. The van der Waals surface area contributed by atoms with Crippen molar-refractivity contribution in [3.8, 4) is 0 Å². The number of methoxy groups -OCH3 is 1. The molecule has 0 saturated heterocycles. The van der Waals surface area contributed by atoms with Crippen molar-refractivity contribution >= 4 is 29.3 Å². The molecular formula is C28H34F2N2O6S.